The lowest BCUT2D eigenvalue weighted by molar-refractivity contribution is -0.139. The number of halogens is 1. The Morgan fingerprint density at radius 1 is 1.26 bits per heavy atom. The molecular weight excluding hydrogens is 251 g/mol. The van der Waals surface area contributed by atoms with Gasteiger partial charge in [0.2, 0.25) is 0 Å². The minimum atomic E-state index is -0.900. The van der Waals surface area contributed by atoms with E-state index >= 15 is 0 Å². The smallest absolute Gasteiger partial charge is 0.310 e. The standard InChI is InChI=1S/C14H19FO4/c1-18-9-10-19-8-2-3-13(14(16)17)11-4-6-12(15)7-5-11/h4-7,13H,2-3,8-10H2,1H3,(H,16,17). The zero-order chi connectivity index (χ0) is 14.1. The second kappa shape index (κ2) is 8.61. The molecule has 0 bridgehead atoms. The van der Waals surface area contributed by atoms with Crippen LogP contribution < -0.4 is 0 Å². The average molecular weight is 270 g/mol. The molecule has 1 N–H and O–H groups in total. The summed E-state index contributed by atoms with van der Waals surface area (Å²) in [6.07, 6.45) is 1.10. The Balaban J connectivity index is 2.41. The fourth-order valence-corrected chi connectivity index (χ4v) is 1.76. The molecule has 1 aromatic rings. The van der Waals surface area contributed by atoms with Crippen LogP contribution in [-0.2, 0) is 14.3 Å². The van der Waals surface area contributed by atoms with Gasteiger partial charge in [-0.1, -0.05) is 12.1 Å². The molecule has 0 aliphatic heterocycles. The summed E-state index contributed by atoms with van der Waals surface area (Å²) in [6.45, 7) is 1.53. The van der Waals surface area contributed by atoms with Crippen molar-refractivity contribution in [1.82, 2.24) is 0 Å². The summed E-state index contributed by atoms with van der Waals surface area (Å²) < 4.78 is 22.9. The first kappa shape index (κ1) is 15.6. The van der Waals surface area contributed by atoms with Crippen molar-refractivity contribution in [1.29, 1.82) is 0 Å². The molecule has 0 heterocycles. The van der Waals surface area contributed by atoms with Gasteiger partial charge in [0.1, 0.15) is 5.82 Å². The number of aliphatic carboxylic acids is 1. The van der Waals surface area contributed by atoms with E-state index in [-0.39, 0.29) is 5.82 Å². The van der Waals surface area contributed by atoms with Gasteiger partial charge in [0.05, 0.1) is 19.1 Å². The zero-order valence-electron chi connectivity index (χ0n) is 11.0. The van der Waals surface area contributed by atoms with Crippen LogP contribution in [0.1, 0.15) is 24.3 Å². The first-order valence-electron chi connectivity index (χ1n) is 6.20. The maximum atomic E-state index is 12.8. The number of carbonyl (C=O) groups is 1. The number of benzene rings is 1. The van der Waals surface area contributed by atoms with E-state index in [1.165, 1.54) is 24.3 Å². The number of hydrogen-bond donors (Lipinski definition) is 1. The molecule has 0 saturated heterocycles. The first-order valence-corrected chi connectivity index (χ1v) is 6.20. The minimum Gasteiger partial charge on any atom is -0.481 e. The number of rotatable bonds is 9. The van der Waals surface area contributed by atoms with E-state index in [4.69, 9.17) is 9.47 Å². The van der Waals surface area contributed by atoms with Crippen LogP contribution in [0.2, 0.25) is 0 Å². The van der Waals surface area contributed by atoms with Crippen LogP contribution in [0.3, 0.4) is 0 Å². The molecule has 5 heteroatoms. The molecule has 0 spiro atoms. The highest BCUT2D eigenvalue weighted by Gasteiger charge is 2.19. The fraction of sp³-hybridized carbons (Fsp3) is 0.500. The van der Waals surface area contributed by atoms with Crippen molar-refractivity contribution in [3.63, 3.8) is 0 Å². The van der Waals surface area contributed by atoms with E-state index in [1.54, 1.807) is 7.11 Å². The van der Waals surface area contributed by atoms with E-state index in [0.717, 1.165) is 0 Å². The zero-order valence-corrected chi connectivity index (χ0v) is 11.0. The SMILES string of the molecule is COCCOCCCC(C(=O)O)c1ccc(F)cc1. The number of ether oxygens (including phenoxy) is 2. The number of hydrogen-bond acceptors (Lipinski definition) is 3. The van der Waals surface area contributed by atoms with Gasteiger partial charge in [-0.15, -0.1) is 0 Å². The molecule has 1 atom stereocenters. The second-order valence-electron chi connectivity index (χ2n) is 4.19. The Morgan fingerprint density at radius 2 is 1.95 bits per heavy atom. The molecule has 0 amide bonds. The highest BCUT2D eigenvalue weighted by Crippen LogP contribution is 2.22. The quantitative estimate of drug-likeness (QED) is 0.700. The predicted molar refractivity (Wildman–Crippen MR) is 68.7 cm³/mol. The van der Waals surface area contributed by atoms with E-state index in [1.807, 2.05) is 0 Å². The van der Waals surface area contributed by atoms with Crippen LogP contribution in [0.25, 0.3) is 0 Å². The fourth-order valence-electron chi connectivity index (χ4n) is 1.76. The number of methoxy groups -OCH3 is 1. The third-order valence-corrected chi connectivity index (χ3v) is 2.78. The van der Waals surface area contributed by atoms with Gasteiger partial charge in [0.15, 0.2) is 0 Å². The van der Waals surface area contributed by atoms with E-state index in [2.05, 4.69) is 0 Å². The Kier molecular flexibility index (Phi) is 7.07. The van der Waals surface area contributed by atoms with Crippen LogP contribution in [0.4, 0.5) is 4.39 Å². The number of carboxylic acids is 1. The summed E-state index contributed by atoms with van der Waals surface area (Å²) in [5, 5.41) is 9.18. The summed E-state index contributed by atoms with van der Waals surface area (Å²) in [5.41, 5.74) is 0.616. The molecular formula is C14H19FO4. The van der Waals surface area contributed by atoms with Gasteiger partial charge in [0, 0.05) is 13.7 Å². The molecule has 0 aromatic heterocycles. The molecule has 1 rings (SSSR count). The van der Waals surface area contributed by atoms with Crippen LogP contribution in [0.5, 0.6) is 0 Å². The second-order valence-corrected chi connectivity index (χ2v) is 4.19. The van der Waals surface area contributed by atoms with Crippen molar-refractivity contribution in [2.75, 3.05) is 26.9 Å². The van der Waals surface area contributed by atoms with Gasteiger partial charge in [-0.25, -0.2) is 4.39 Å². The van der Waals surface area contributed by atoms with Crippen molar-refractivity contribution in [3.05, 3.63) is 35.6 Å². The monoisotopic (exact) mass is 270 g/mol. The van der Waals surface area contributed by atoms with Gasteiger partial charge in [-0.2, -0.15) is 0 Å². The van der Waals surface area contributed by atoms with E-state index in [0.29, 0.717) is 38.2 Å². The predicted octanol–water partition coefficient (Wildman–Crippen LogP) is 2.44. The Hall–Kier alpha value is -1.46. The molecule has 19 heavy (non-hydrogen) atoms. The van der Waals surface area contributed by atoms with E-state index < -0.39 is 11.9 Å². The van der Waals surface area contributed by atoms with Crippen molar-refractivity contribution in [2.24, 2.45) is 0 Å². The lowest BCUT2D eigenvalue weighted by Gasteiger charge is -2.12. The van der Waals surface area contributed by atoms with Crippen molar-refractivity contribution in [2.45, 2.75) is 18.8 Å². The molecule has 0 aliphatic carbocycles. The van der Waals surface area contributed by atoms with Gasteiger partial charge in [-0.3, -0.25) is 4.79 Å². The average Bonchev–Trinajstić information content (AvgIpc) is 2.39. The Bertz CT molecular complexity index is 378. The number of carboxylic acid groups (broad SMARTS) is 1. The molecule has 0 aliphatic rings. The lowest BCUT2D eigenvalue weighted by Crippen LogP contribution is -2.13. The molecule has 1 aromatic carbocycles. The normalized spacial score (nSPS) is 12.3. The first-order chi connectivity index (χ1) is 9.15. The Labute approximate surface area is 112 Å². The molecule has 106 valence electrons. The van der Waals surface area contributed by atoms with Crippen LogP contribution in [-0.4, -0.2) is 38.0 Å². The van der Waals surface area contributed by atoms with E-state index in [9.17, 15) is 14.3 Å². The summed E-state index contributed by atoms with van der Waals surface area (Å²) in [6, 6.07) is 5.58. The molecule has 0 fully saturated rings. The van der Waals surface area contributed by atoms with Crippen molar-refractivity contribution < 1.29 is 23.8 Å². The maximum Gasteiger partial charge on any atom is 0.310 e. The van der Waals surface area contributed by atoms with Crippen LogP contribution in [0, 0.1) is 5.82 Å². The lowest BCUT2D eigenvalue weighted by atomic mass is 9.94. The van der Waals surface area contributed by atoms with Gasteiger partial charge in [0.25, 0.3) is 0 Å². The van der Waals surface area contributed by atoms with Gasteiger partial charge >= 0.3 is 5.97 Å². The van der Waals surface area contributed by atoms with Crippen molar-refractivity contribution in [3.8, 4) is 0 Å². The van der Waals surface area contributed by atoms with Gasteiger partial charge in [-0.05, 0) is 30.5 Å². The molecule has 0 saturated carbocycles. The topological polar surface area (TPSA) is 55.8 Å². The van der Waals surface area contributed by atoms with Crippen molar-refractivity contribution >= 4 is 5.97 Å². The van der Waals surface area contributed by atoms with Crippen LogP contribution >= 0.6 is 0 Å². The molecule has 4 nitrogen and oxygen atoms in total. The van der Waals surface area contributed by atoms with Gasteiger partial charge < -0.3 is 14.6 Å². The third kappa shape index (κ3) is 5.81. The summed E-state index contributed by atoms with van der Waals surface area (Å²) in [7, 11) is 1.60. The maximum absolute atomic E-state index is 12.8. The largest absolute Gasteiger partial charge is 0.481 e. The van der Waals surface area contributed by atoms with Crippen LogP contribution in [0.15, 0.2) is 24.3 Å². The summed E-state index contributed by atoms with van der Waals surface area (Å²) in [4.78, 5) is 11.2. The Morgan fingerprint density at radius 3 is 2.53 bits per heavy atom. The highest BCUT2D eigenvalue weighted by atomic mass is 19.1. The third-order valence-electron chi connectivity index (χ3n) is 2.78. The summed E-state index contributed by atoms with van der Waals surface area (Å²) >= 11 is 0. The summed E-state index contributed by atoms with van der Waals surface area (Å²) in [5.74, 6) is -1.88. The minimum absolute atomic E-state index is 0.365. The highest BCUT2D eigenvalue weighted by molar-refractivity contribution is 5.75. The molecule has 0 radical (unpaired) electrons. The molecule has 1 unspecified atom stereocenters.